The van der Waals surface area contributed by atoms with Gasteiger partial charge in [0.2, 0.25) is 0 Å². The lowest BCUT2D eigenvalue weighted by atomic mass is 10.0. The van der Waals surface area contributed by atoms with Gasteiger partial charge in [0.15, 0.2) is 5.17 Å². The summed E-state index contributed by atoms with van der Waals surface area (Å²) in [6.07, 6.45) is 4.22. The van der Waals surface area contributed by atoms with Crippen molar-refractivity contribution >= 4 is 52.1 Å². The summed E-state index contributed by atoms with van der Waals surface area (Å²) in [6, 6.07) is 5.33. The van der Waals surface area contributed by atoms with Gasteiger partial charge in [0.05, 0.1) is 15.0 Å². The van der Waals surface area contributed by atoms with Crippen LogP contribution < -0.4 is 0 Å². The standard InChI is InChI=1S/C16H16Cl2N2OS/c1-10-3-2-6-20(9-10)16-19-15(21)14(22-16)8-11-4-5-12(17)13(18)7-11/h4-5,7-8,10H,2-3,6,9H2,1H3/b14-8+/t10-/m1/s1. The minimum absolute atomic E-state index is 0.177. The molecule has 0 aliphatic carbocycles. The highest BCUT2D eigenvalue weighted by molar-refractivity contribution is 8.18. The number of likely N-dealkylation sites (tertiary alicyclic amines) is 1. The molecule has 2 heterocycles. The fourth-order valence-corrected chi connectivity index (χ4v) is 3.90. The molecule has 1 fully saturated rings. The largest absolute Gasteiger partial charge is 0.351 e. The Bertz CT molecular complexity index is 672. The van der Waals surface area contributed by atoms with Crippen LogP contribution in [0, 0.1) is 5.92 Å². The van der Waals surface area contributed by atoms with Crippen molar-refractivity contribution in [3.05, 3.63) is 38.7 Å². The summed E-state index contributed by atoms with van der Waals surface area (Å²) in [5, 5.41) is 1.81. The van der Waals surface area contributed by atoms with Gasteiger partial charge in [-0.15, -0.1) is 0 Å². The zero-order chi connectivity index (χ0) is 15.7. The summed E-state index contributed by atoms with van der Waals surface area (Å²) in [5.74, 6) is 0.472. The zero-order valence-electron chi connectivity index (χ0n) is 12.2. The second-order valence-corrected chi connectivity index (χ2v) is 7.50. The Labute approximate surface area is 144 Å². The summed E-state index contributed by atoms with van der Waals surface area (Å²) < 4.78 is 0. The number of nitrogens with zero attached hydrogens (tertiary/aromatic N) is 2. The number of hydrogen-bond donors (Lipinski definition) is 0. The van der Waals surface area contributed by atoms with E-state index in [1.165, 1.54) is 18.2 Å². The number of rotatable bonds is 1. The first-order chi connectivity index (χ1) is 10.5. The average Bonchev–Trinajstić information content (AvgIpc) is 2.84. The molecule has 0 unspecified atom stereocenters. The van der Waals surface area contributed by atoms with Gasteiger partial charge < -0.3 is 4.90 Å². The number of hydrogen-bond acceptors (Lipinski definition) is 3. The molecule has 0 aromatic heterocycles. The molecule has 22 heavy (non-hydrogen) atoms. The van der Waals surface area contributed by atoms with Crippen molar-refractivity contribution in [2.24, 2.45) is 10.9 Å². The van der Waals surface area contributed by atoms with Crippen molar-refractivity contribution in [1.82, 2.24) is 4.90 Å². The highest BCUT2D eigenvalue weighted by Gasteiger charge is 2.28. The molecular formula is C16H16Cl2N2OS. The Morgan fingerprint density at radius 1 is 1.36 bits per heavy atom. The van der Waals surface area contributed by atoms with E-state index in [2.05, 4.69) is 16.8 Å². The maximum absolute atomic E-state index is 12.1. The summed E-state index contributed by atoms with van der Waals surface area (Å²) in [4.78, 5) is 19.2. The summed E-state index contributed by atoms with van der Waals surface area (Å²) in [5.41, 5.74) is 0.855. The maximum Gasteiger partial charge on any atom is 0.286 e. The minimum atomic E-state index is -0.177. The predicted octanol–water partition coefficient (Wildman–Crippen LogP) is 4.70. The molecule has 0 spiro atoms. The van der Waals surface area contributed by atoms with Gasteiger partial charge in [-0.05, 0) is 54.3 Å². The van der Waals surface area contributed by atoms with E-state index in [9.17, 15) is 4.79 Å². The van der Waals surface area contributed by atoms with Gasteiger partial charge >= 0.3 is 0 Å². The van der Waals surface area contributed by atoms with E-state index in [0.29, 0.717) is 20.9 Å². The van der Waals surface area contributed by atoms with Crippen LogP contribution >= 0.6 is 35.0 Å². The molecule has 2 aliphatic rings. The molecule has 1 atom stereocenters. The highest BCUT2D eigenvalue weighted by Crippen LogP contribution is 2.33. The molecule has 3 nitrogen and oxygen atoms in total. The van der Waals surface area contributed by atoms with Gasteiger partial charge in [-0.1, -0.05) is 36.2 Å². The lowest BCUT2D eigenvalue weighted by Crippen LogP contribution is -2.37. The lowest BCUT2D eigenvalue weighted by Gasteiger charge is -2.31. The van der Waals surface area contributed by atoms with Gasteiger partial charge in [0.1, 0.15) is 0 Å². The van der Waals surface area contributed by atoms with Crippen LogP contribution in [-0.4, -0.2) is 29.1 Å². The highest BCUT2D eigenvalue weighted by atomic mass is 35.5. The summed E-state index contributed by atoms with van der Waals surface area (Å²) in [6.45, 7) is 4.18. The van der Waals surface area contributed by atoms with Crippen LogP contribution in [0.4, 0.5) is 0 Å². The Morgan fingerprint density at radius 2 is 2.18 bits per heavy atom. The Kier molecular flexibility index (Phi) is 4.81. The summed E-state index contributed by atoms with van der Waals surface area (Å²) >= 11 is 13.4. The average molecular weight is 355 g/mol. The Morgan fingerprint density at radius 3 is 2.91 bits per heavy atom. The third-order valence-corrected chi connectivity index (χ3v) is 5.56. The second-order valence-electron chi connectivity index (χ2n) is 5.68. The van der Waals surface area contributed by atoms with Crippen LogP contribution in [0.3, 0.4) is 0 Å². The van der Waals surface area contributed by atoms with Crippen LogP contribution in [0.25, 0.3) is 6.08 Å². The number of benzene rings is 1. The molecule has 0 saturated carbocycles. The first-order valence-electron chi connectivity index (χ1n) is 7.25. The SMILES string of the molecule is C[C@@H]1CCCN(C2=NC(=O)/C(=C\c3ccc(Cl)c(Cl)c3)S2)C1. The van der Waals surface area contributed by atoms with Gasteiger partial charge in [-0.2, -0.15) is 4.99 Å². The van der Waals surface area contributed by atoms with Crippen LogP contribution in [0.5, 0.6) is 0 Å². The number of piperidine rings is 1. The number of carbonyl (C=O) groups is 1. The van der Waals surface area contributed by atoms with Crippen molar-refractivity contribution in [1.29, 1.82) is 0 Å². The molecule has 1 amide bonds. The summed E-state index contributed by atoms with van der Waals surface area (Å²) in [7, 11) is 0. The van der Waals surface area contributed by atoms with Crippen LogP contribution in [-0.2, 0) is 4.79 Å². The van der Waals surface area contributed by atoms with E-state index < -0.39 is 0 Å². The van der Waals surface area contributed by atoms with Crippen molar-refractivity contribution < 1.29 is 4.79 Å². The zero-order valence-corrected chi connectivity index (χ0v) is 14.5. The van der Waals surface area contributed by atoms with E-state index in [1.54, 1.807) is 12.1 Å². The molecular weight excluding hydrogens is 339 g/mol. The molecule has 0 radical (unpaired) electrons. The number of amidine groups is 1. The second kappa shape index (κ2) is 6.65. The molecule has 1 aromatic rings. The van der Waals surface area contributed by atoms with Crippen LogP contribution in [0.15, 0.2) is 28.1 Å². The first kappa shape index (κ1) is 15.9. The molecule has 3 rings (SSSR count). The molecule has 0 N–H and O–H groups in total. The lowest BCUT2D eigenvalue weighted by molar-refractivity contribution is -0.113. The molecule has 1 saturated heterocycles. The number of thioether (sulfide) groups is 1. The third kappa shape index (κ3) is 3.50. The van der Waals surface area contributed by atoms with E-state index in [-0.39, 0.29) is 5.91 Å². The maximum atomic E-state index is 12.1. The van der Waals surface area contributed by atoms with Crippen molar-refractivity contribution in [2.75, 3.05) is 13.1 Å². The van der Waals surface area contributed by atoms with E-state index in [1.807, 2.05) is 12.1 Å². The number of aliphatic imine (C=N–C) groups is 1. The van der Waals surface area contributed by atoms with Gasteiger partial charge in [0.25, 0.3) is 5.91 Å². The topological polar surface area (TPSA) is 32.7 Å². The molecule has 116 valence electrons. The smallest absolute Gasteiger partial charge is 0.286 e. The van der Waals surface area contributed by atoms with Crippen molar-refractivity contribution in [2.45, 2.75) is 19.8 Å². The van der Waals surface area contributed by atoms with Gasteiger partial charge in [-0.25, -0.2) is 0 Å². The molecule has 2 aliphatic heterocycles. The monoisotopic (exact) mass is 354 g/mol. The van der Waals surface area contributed by atoms with E-state index in [4.69, 9.17) is 23.2 Å². The molecule has 6 heteroatoms. The van der Waals surface area contributed by atoms with Gasteiger partial charge in [0, 0.05) is 13.1 Å². The third-order valence-electron chi connectivity index (χ3n) is 3.78. The van der Waals surface area contributed by atoms with Crippen LogP contribution in [0.2, 0.25) is 10.0 Å². The first-order valence-corrected chi connectivity index (χ1v) is 8.83. The van der Waals surface area contributed by atoms with Crippen molar-refractivity contribution in [3.63, 3.8) is 0 Å². The van der Waals surface area contributed by atoms with Gasteiger partial charge in [-0.3, -0.25) is 4.79 Å². The number of halogens is 2. The number of amides is 1. The van der Waals surface area contributed by atoms with Crippen LogP contribution in [0.1, 0.15) is 25.3 Å². The van der Waals surface area contributed by atoms with Crippen molar-refractivity contribution in [3.8, 4) is 0 Å². The normalized spacial score (nSPS) is 24.0. The van der Waals surface area contributed by atoms with E-state index >= 15 is 0 Å². The molecule has 1 aromatic carbocycles. The fourth-order valence-electron chi connectivity index (χ4n) is 2.65. The fraction of sp³-hybridized carbons (Fsp3) is 0.375. The number of carbonyl (C=O) groups excluding carboxylic acids is 1. The Hall–Kier alpha value is -0.970. The minimum Gasteiger partial charge on any atom is -0.351 e. The molecule has 0 bridgehead atoms. The Balaban J connectivity index is 1.76. The van der Waals surface area contributed by atoms with E-state index in [0.717, 1.165) is 30.2 Å². The quantitative estimate of drug-likeness (QED) is 0.685. The predicted molar refractivity (Wildman–Crippen MR) is 94.4 cm³/mol.